The predicted octanol–water partition coefficient (Wildman–Crippen LogP) is 4.56. The van der Waals surface area contributed by atoms with E-state index in [1.807, 2.05) is 48.5 Å². The molecule has 0 spiro atoms. The van der Waals surface area contributed by atoms with Gasteiger partial charge in [0.25, 0.3) is 0 Å². The molecule has 1 heterocycles. The second kappa shape index (κ2) is 7.53. The number of hydrogen-bond donors (Lipinski definition) is 2. The second-order valence-corrected chi connectivity index (χ2v) is 6.98. The Hall–Kier alpha value is -2.27. The summed E-state index contributed by atoms with van der Waals surface area (Å²) in [6, 6.07) is 15.9. The molecule has 0 aliphatic heterocycles. The Morgan fingerprint density at radius 2 is 1.96 bits per heavy atom. The maximum absolute atomic E-state index is 12.2. The van der Waals surface area contributed by atoms with E-state index in [0.29, 0.717) is 5.75 Å². The molecule has 1 atom stereocenters. The number of benzene rings is 2. The Kier molecular flexibility index (Phi) is 5.20. The summed E-state index contributed by atoms with van der Waals surface area (Å²) in [5, 5.41) is 3.13. The van der Waals surface area contributed by atoms with Gasteiger partial charge in [-0.25, -0.2) is 4.98 Å². The number of thioether (sulfide) groups is 1. The van der Waals surface area contributed by atoms with Gasteiger partial charge in [0.1, 0.15) is 5.82 Å². The lowest BCUT2D eigenvalue weighted by Gasteiger charge is -2.11. The van der Waals surface area contributed by atoms with Crippen molar-refractivity contribution in [2.75, 3.05) is 11.1 Å². The zero-order valence-corrected chi connectivity index (χ0v) is 14.7. The minimum atomic E-state index is 0.0175. The van der Waals surface area contributed by atoms with E-state index in [4.69, 9.17) is 0 Å². The standard InChI is InChI=1S/C19H21N3OS/c1-3-14-8-4-5-9-15(14)20-18(23)12-24-13(2)19-21-16-10-6-7-11-17(16)22-19/h4-11,13H,3,12H2,1-2H3,(H,20,23)(H,21,22)/t13-/m0/s1. The third-order valence-electron chi connectivity index (χ3n) is 3.93. The number of nitrogens with zero attached hydrogens (tertiary/aromatic N) is 1. The van der Waals surface area contributed by atoms with Gasteiger partial charge in [0.05, 0.1) is 22.0 Å². The highest BCUT2D eigenvalue weighted by Crippen LogP contribution is 2.28. The van der Waals surface area contributed by atoms with Crippen LogP contribution < -0.4 is 5.32 Å². The lowest BCUT2D eigenvalue weighted by molar-refractivity contribution is -0.113. The Morgan fingerprint density at radius 1 is 1.21 bits per heavy atom. The van der Waals surface area contributed by atoms with Crippen molar-refractivity contribution in [3.63, 3.8) is 0 Å². The number of para-hydroxylation sites is 3. The van der Waals surface area contributed by atoms with Crippen LogP contribution >= 0.6 is 11.8 Å². The number of rotatable bonds is 6. The van der Waals surface area contributed by atoms with Crippen LogP contribution in [-0.2, 0) is 11.2 Å². The Labute approximate surface area is 146 Å². The first-order valence-corrected chi connectivity index (χ1v) is 9.16. The molecule has 4 nitrogen and oxygen atoms in total. The largest absolute Gasteiger partial charge is 0.341 e. The first-order chi connectivity index (χ1) is 11.7. The quantitative estimate of drug-likeness (QED) is 0.692. The lowest BCUT2D eigenvalue weighted by Crippen LogP contribution is -2.16. The van der Waals surface area contributed by atoms with Gasteiger partial charge < -0.3 is 10.3 Å². The number of nitrogens with one attached hydrogen (secondary N) is 2. The highest BCUT2D eigenvalue weighted by molar-refractivity contribution is 8.00. The number of aromatic amines is 1. The van der Waals surface area contributed by atoms with Crippen molar-refractivity contribution < 1.29 is 4.79 Å². The number of H-pyrrole nitrogens is 1. The zero-order valence-electron chi connectivity index (χ0n) is 13.9. The molecule has 0 radical (unpaired) electrons. The lowest BCUT2D eigenvalue weighted by atomic mass is 10.1. The first-order valence-electron chi connectivity index (χ1n) is 8.11. The molecular formula is C19H21N3OS. The highest BCUT2D eigenvalue weighted by atomic mass is 32.2. The fraction of sp³-hybridized carbons (Fsp3) is 0.263. The maximum atomic E-state index is 12.2. The summed E-state index contributed by atoms with van der Waals surface area (Å²) in [5.41, 5.74) is 4.05. The normalized spacial score (nSPS) is 12.2. The average Bonchev–Trinajstić information content (AvgIpc) is 3.04. The van der Waals surface area contributed by atoms with Crippen LogP contribution in [0.5, 0.6) is 0 Å². The molecule has 0 unspecified atom stereocenters. The van der Waals surface area contributed by atoms with Gasteiger partial charge in [-0.3, -0.25) is 4.79 Å². The number of fused-ring (bicyclic) bond motifs is 1. The predicted molar refractivity (Wildman–Crippen MR) is 101 cm³/mol. The van der Waals surface area contributed by atoms with Crippen molar-refractivity contribution in [3.8, 4) is 0 Å². The van der Waals surface area contributed by atoms with Gasteiger partial charge in [0, 0.05) is 5.69 Å². The van der Waals surface area contributed by atoms with Gasteiger partial charge in [0.15, 0.2) is 0 Å². The van der Waals surface area contributed by atoms with Crippen molar-refractivity contribution in [1.82, 2.24) is 9.97 Å². The van der Waals surface area contributed by atoms with E-state index in [9.17, 15) is 4.79 Å². The van der Waals surface area contributed by atoms with Gasteiger partial charge in [-0.15, -0.1) is 11.8 Å². The van der Waals surface area contributed by atoms with Crippen molar-refractivity contribution in [2.45, 2.75) is 25.5 Å². The molecular weight excluding hydrogens is 318 g/mol. The summed E-state index contributed by atoms with van der Waals surface area (Å²) in [5.74, 6) is 1.32. The number of amides is 1. The molecule has 0 saturated heterocycles. The molecule has 0 saturated carbocycles. The molecule has 0 bridgehead atoms. The van der Waals surface area contributed by atoms with E-state index < -0.39 is 0 Å². The highest BCUT2D eigenvalue weighted by Gasteiger charge is 2.14. The SMILES string of the molecule is CCc1ccccc1NC(=O)CS[C@@H](C)c1nc2ccccc2[nH]1. The van der Waals surface area contributed by atoms with Crippen LogP contribution in [0.15, 0.2) is 48.5 Å². The molecule has 3 aromatic rings. The molecule has 0 fully saturated rings. The van der Waals surface area contributed by atoms with Crippen molar-refractivity contribution >= 4 is 34.4 Å². The van der Waals surface area contributed by atoms with E-state index in [-0.39, 0.29) is 11.2 Å². The van der Waals surface area contributed by atoms with Crippen molar-refractivity contribution in [2.24, 2.45) is 0 Å². The second-order valence-electron chi connectivity index (χ2n) is 5.65. The molecule has 24 heavy (non-hydrogen) atoms. The van der Waals surface area contributed by atoms with Crippen LogP contribution in [-0.4, -0.2) is 21.6 Å². The number of carbonyl (C=O) groups excluding carboxylic acids is 1. The van der Waals surface area contributed by atoms with E-state index >= 15 is 0 Å². The molecule has 3 rings (SSSR count). The van der Waals surface area contributed by atoms with Crippen LogP contribution in [0.2, 0.25) is 0 Å². The molecule has 5 heteroatoms. The first kappa shape index (κ1) is 16.6. The number of carbonyl (C=O) groups is 1. The van der Waals surface area contributed by atoms with Crippen LogP contribution in [0.25, 0.3) is 11.0 Å². The average molecular weight is 339 g/mol. The molecule has 124 valence electrons. The van der Waals surface area contributed by atoms with Crippen molar-refractivity contribution in [3.05, 3.63) is 59.9 Å². The summed E-state index contributed by atoms with van der Waals surface area (Å²) < 4.78 is 0. The van der Waals surface area contributed by atoms with Crippen LogP contribution in [0.3, 0.4) is 0 Å². The van der Waals surface area contributed by atoms with E-state index in [1.54, 1.807) is 11.8 Å². The number of hydrogen-bond acceptors (Lipinski definition) is 3. The minimum Gasteiger partial charge on any atom is -0.341 e. The third-order valence-corrected chi connectivity index (χ3v) is 5.08. The Bertz CT molecular complexity index is 810. The molecule has 0 aliphatic rings. The maximum Gasteiger partial charge on any atom is 0.234 e. The Balaban J connectivity index is 1.59. The molecule has 2 aromatic carbocycles. The molecule has 2 N–H and O–H groups in total. The fourth-order valence-corrected chi connectivity index (χ4v) is 3.32. The zero-order chi connectivity index (χ0) is 16.9. The Morgan fingerprint density at radius 3 is 2.75 bits per heavy atom. The van der Waals surface area contributed by atoms with Crippen molar-refractivity contribution in [1.29, 1.82) is 0 Å². The molecule has 1 aromatic heterocycles. The molecule has 1 amide bonds. The van der Waals surface area contributed by atoms with E-state index in [2.05, 4.69) is 29.1 Å². The monoisotopic (exact) mass is 339 g/mol. The van der Waals surface area contributed by atoms with Gasteiger partial charge in [0.2, 0.25) is 5.91 Å². The van der Waals surface area contributed by atoms with Crippen LogP contribution in [0.4, 0.5) is 5.69 Å². The minimum absolute atomic E-state index is 0.0175. The van der Waals surface area contributed by atoms with Crippen LogP contribution in [0, 0.1) is 0 Å². The topological polar surface area (TPSA) is 57.8 Å². The van der Waals surface area contributed by atoms with Crippen LogP contribution in [0.1, 0.15) is 30.5 Å². The van der Waals surface area contributed by atoms with Gasteiger partial charge >= 0.3 is 0 Å². The van der Waals surface area contributed by atoms with Gasteiger partial charge in [-0.2, -0.15) is 0 Å². The summed E-state index contributed by atoms with van der Waals surface area (Å²) in [7, 11) is 0. The summed E-state index contributed by atoms with van der Waals surface area (Å²) in [6.07, 6.45) is 0.902. The number of aromatic nitrogens is 2. The number of anilines is 1. The molecule has 0 aliphatic carbocycles. The van der Waals surface area contributed by atoms with E-state index in [0.717, 1.165) is 34.5 Å². The van der Waals surface area contributed by atoms with Gasteiger partial charge in [-0.05, 0) is 37.1 Å². The van der Waals surface area contributed by atoms with E-state index in [1.165, 1.54) is 0 Å². The summed E-state index contributed by atoms with van der Waals surface area (Å²) in [4.78, 5) is 20.1. The van der Waals surface area contributed by atoms with Gasteiger partial charge in [-0.1, -0.05) is 37.3 Å². The number of aryl methyl sites for hydroxylation is 1. The fourth-order valence-electron chi connectivity index (χ4n) is 2.58. The summed E-state index contributed by atoms with van der Waals surface area (Å²) >= 11 is 1.58. The smallest absolute Gasteiger partial charge is 0.234 e. The third kappa shape index (κ3) is 3.79. The number of imidazole rings is 1. The summed E-state index contributed by atoms with van der Waals surface area (Å²) in [6.45, 7) is 4.15.